The zero-order valence-corrected chi connectivity index (χ0v) is 10.7. The first-order valence-electron chi connectivity index (χ1n) is 6.35. The highest BCUT2D eigenvalue weighted by molar-refractivity contribution is 4.89. The third-order valence-electron chi connectivity index (χ3n) is 4.07. The first-order chi connectivity index (χ1) is 7.38. The number of aliphatic hydroxyl groups excluding tert-OH is 3. The van der Waals surface area contributed by atoms with Crippen LogP contribution in [0, 0.1) is 17.3 Å². The molecule has 16 heavy (non-hydrogen) atoms. The van der Waals surface area contributed by atoms with Gasteiger partial charge in [0.1, 0.15) is 0 Å². The van der Waals surface area contributed by atoms with Gasteiger partial charge in [0.15, 0.2) is 0 Å². The van der Waals surface area contributed by atoms with Gasteiger partial charge in [0.05, 0.1) is 18.8 Å². The standard InChI is InChI=1S/C13H26O3/c1-9(2)11-4-5-13(3,7-12(11)16)6-10(15)8-14/h9-12,14-16H,4-8H2,1-3H3. The van der Waals surface area contributed by atoms with E-state index in [-0.39, 0.29) is 18.1 Å². The van der Waals surface area contributed by atoms with Crippen LogP contribution < -0.4 is 0 Å². The van der Waals surface area contributed by atoms with Crippen LogP contribution in [-0.4, -0.2) is 34.1 Å². The first-order valence-corrected chi connectivity index (χ1v) is 6.35. The van der Waals surface area contributed by atoms with E-state index in [0.29, 0.717) is 18.3 Å². The molecule has 3 N–H and O–H groups in total. The normalized spacial score (nSPS) is 37.7. The van der Waals surface area contributed by atoms with Gasteiger partial charge in [-0.15, -0.1) is 0 Å². The molecule has 96 valence electrons. The fourth-order valence-electron chi connectivity index (χ4n) is 3.06. The number of hydrogen-bond donors (Lipinski definition) is 3. The Labute approximate surface area is 98.5 Å². The van der Waals surface area contributed by atoms with Crippen molar-refractivity contribution in [3.63, 3.8) is 0 Å². The van der Waals surface area contributed by atoms with Crippen molar-refractivity contribution >= 4 is 0 Å². The number of rotatable bonds is 4. The monoisotopic (exact) mass is 230 g/mol. The van der Waals surface area contributed by atoms with E-state index in [1.165, 1.54) is 0 Å². The van der Waals surface area contributed by atoms with Crippen molar-refractivity contribution in [3.05, 3.63) is 0 Å². The summed E-state index contributed by atoms with van der Waals surface area (Å²) in [4.78, 5) is 0. The third-order valence-corrected chi connectivity index (χ3v) is 4.07. The van der Waals surface area contributed by atoms with Crippen LogP contribution in [0.3, 0.4) is 0 Å². The van der Waals surface area contributed by atoms with Crippen molar-refractivity contribution in [2.75, 3.05) is 6.61 Å². The lowest BCUT2D eigenvalue weighted by atomic mass is 9.65. The molecule has 0 aromatic carbocycles. The lowest BCUT2D eigenvalue weighted by molar-refractivity contribution is -0.0361. The van der Waals surface area contributed by atoms with E-state index in [1.807, 2.05) is 0 Å². The van der Waals surface area contributed by atoms with Gasteiger partial charge in [0, 0.05) is 0 Å². The van der Waals surface area contributed by atoms with Crippen molar-refractivity contribution in [1.82, 2.24) is 0 Å². The summed E-state index contributed by atoms with van der Waals surface area (Å²) in [6.07, 6.45) is 2.48. The lowest BCUT2D eigenvalue weighted by Crippen LogP contribution is -2.39. The van der Waals surface area contributed by atoms with Gasteiger partial charge >= 0.3 is 0 Å². The van der Waals surface area contributed by atoms with Crippen molar-refractivity contribution in [2.24, 2.45) is 17.3 Å². The van der Waals surface area contributed by atoms with E-state index in [4.69, 9.17) is 5.11 Å². The van der Waals surface area contributed by atoms with E-state index in [2.05, 4.69) is 20.8 Å². The largest absolute Gasteiger partial charge is 0.394 e. The van der Waals surface area contributed by atoms with Gasteiger partial charge in [-0.1, -0.05) is 20.8 Å². The molecule has 4 atom stereocenters. The van der Waals surface area contributed by atoms with E-state index < -0.39 is 6.10 Å². The molecule has 1 aliphatic rings. The van der Waals surface area contributed by atoms with E-state index in [1.54, 1.807) is 0 Å². The Bertz CT molecular complexity index is 217. The van der Waals surface area contributed by atoms with Gasteiger partial charge in [-0.25, -0.2) is 0 Å². The molecule has 3 heteroatoms. The summed E-state index contributed by atoms with van der Waals surface area (Å²) >= 11 is 0. The van der Waals surface area contributed by atoms with E-state index in [9.17, 15) is 10.2 Å². The zero-order valence-electron chi connectivity index (χ0n) is 10.7. The molecule has 1 rings (SSSR count). The minimum Gasteiger partial charge on any atom is -0.394 e. The summed E-state index contributed by atoms with van der Waals surface area (Å²) in [6.45, 7) is 6.23. The van der Waals surface area contributed by atoms with Gasteiger partial charge in [0.25, 0.3) is 0 Å². The summed E-state index contributed by atoms with van der Waals surface area (Å²) in [5, 5.41) is 28.5. The summed E-state index contributed by atoms with van der Waals surface area (Å²) in [5.74, 6) is 0.904. The molecule has 4 unspecified atom stereocenters. The van der Waals surface area contributed by atoms with Crippen LogP contribution in [-0.2, 0) is 0 Å². The molecule has 0 amide bonds. The quantitative estimate of drug-likeness (QED) is 0.687. The Morgan fingerprint density at radius 2 is 2.00 bits per heavy atom. The molecule has 0 aromatic heterocycles. The van der Waals surface area contributed by atoms with Crippen molar-refractivity contribution in [1.29, 1.82) is 0 Å². The minimum absolute atomic E-state index is 0.0209. The van der Waals surface area contributed by atoms with Crippen LogP contribution in [0.5, 0.6) is 0 Å². The van der Waals surface area contributed by atoms with Crippen molar-refractivity contribution in [2.45, 2.75) is 58.7 Å². The Hall–Kier alpha value is -0.120. The molecule has 0 heterocycles. The van der Waals surface area contributed by atoms with Crippen LogP contribution in [0.4, 0.5) is 0 Å². The summed E-state index contributed by atoms with van der Waals surface area (Å²) in [6, 6.07) is 0. The fourth-order valence-corrected chi connectivity index (χ4v) is 3.06. The Kier molecular flexibility index (Phi) is 4.77. The highest BCUT2D eigenvalue weighted by Gasteiger charge is 2.38. The topological polar surface area (TPSA) is 60.7 Å². The molecule has 1 aliphatic carbocycles. The van der Waals surface area contributed by atoms with Crippen LogP contribution in [0.2, 0.25) is 0 Å². The van der Waals surface area contributed by atoms with Crippen LogP contribution >= 0.6 is 0 Å². The molecule has 1 saturated carbocycles. The van der Waals surface area contributed by atoms with E-state index >= 15 is 0 Å². The molecule has 1 fully saturated rings. The SMILES string of the molecule is CC(C)C1CCC(C)(CC(O)CO)CC1O. The molecule has 0 aliphatic heterocycles. The molecule has 0 saturated heterocycles. The minimum atomic E-state index is -0.646. The highest BCUT2D eigenvalue weighted by atomic mass is 16.3. The number of aliphatic hydroxyl groups is 3. The second-order valence-electron chi connectivity index (χ2n) is 6.07. The fraction of sp³-hybridized carbons (Fsp3) is 1.00. The zero-order chi connectivity index (χ0) is 12.3. The molecular weight excluding hydrogens is 204 g/mol. The highest BCUT2D eigenvalue weighted by Crippen LogP contribution is 2.44. The average Bonchev–Trinajstić information content (AvgIpc) is 2.16. The Balaban J connectivity index is 2.55. The maximum atomic E-state index is 10.1. The Morgan fingerprint density at radius 1 is 1.38 bits per heavy atom. The molecular formula is C13H26O3. The summed E-state index contributed by atoms with van der Waals surface area (Å²) in [5.41, 5.74) is -0.0209. The third kappa shape index (κ3) is 3.44. The summed E-state index contributed by atoms with van der Waals surface area (Å²) < 4.78 is 0. The predicted molar refractivity (Wildman–Crippen MR) is 64.0 cm³/mol. The van der Waals surface area contributed by atoms with E-state index in [0.717, 1.165) is 19.3 Å². The molecule has 0 spiro atoms. The number of hydrogen-bond acceptors (Lipinski definition) is 3. The summed E-state index contributed by atoms with van der Waals surface area (Å²) in [7, 11) is 0. The van der Waals surface area contributed by atoms with Gasteiger partial charge in [-0.05, 0) is 42.9 Å². The maximum absolute atomic E-state index is 10.1. The average molecular weight is 230 g/mol. The second-order valence-corrected chi connectivity index (χ2v) is 6.07. The van der Waals surface area contributed by atoms with Gasteiger partial charge < -0.3 is 15.3 Å². The van der Waals surface area contributed by atoms with Gasteiger partial charge in [0.2, 0.25) is 0 Å². The lowest BCUT2D eigenvalue weighted by Gasteiger charge is -2.43. The smallest absolute Gasteiger partial charge is 0.0776 e. The molecule has 3 nitrogen and oxygen atoms in total. The Morgan fingerprint density at radius 3 is 2.44 bits per heavy atom. The van der Waals surface area contributed by atoms with Crippen molar-refractivity contribution < 1.29 is 15.3 Å². The second kappa shape index (κ2) is 5.48. The first kappa shape index (κ1) is 13.9. The molecule has 0 aromatic rings. The van der Waals surface area contributed by atoms with Crippen LogP contribution in [0.15, 0.2) is 0 Å². The van der Waals surface area contributed by atoms with Gasteiger partial charge in [-0.3, -0.25) is 0 Å². The van der Waals surface area contributed by atoms with Crippen LogP contribution in [0.25, 0.3) is 0 Å². The van der Waals surface area contributed by atoms with Crippen LogP contribution in [0.1, 0.15) is 46.5 Å². The van der Waals surface area contributed by atoms with Crippen molar-refractivity contribution in [3.8, 4) is 0 Å². The molecule has 0 radical (unpaired) electrons. The maximum Gasteiger partial charge on any atom is 0.0776 e. The molecule has 0 bridgehead atoms. The van der Waals surface area contributed by atoms with Gasteiger partial charge in [-0.2, -0.15) is 0 Å². The predicted octanol–water partition coefficient (Wildman–Crippen LogP) is 1.55.